The van der Waals surface area contributed by atoms with Gasteiger partial charge in [-0.05, 0) is 81.3 Å². The number of hydrogen-bond donors (Lipinski definition) is 1. The minimum absolute atomic E-state index is 0.0763. The van der Waals surface area contributed by atoms with E-state index in [-0.39, 0.29) is 42.0 Å². The van der Waals surface area contributed by atoms with E-state index in [1.807, 2.05) is 6.92 Å². The smallest absolute Gasteiger partial charge is 0.311 e. The van der Waals surface area contributed by atoms with E-state index in [1.165, 1.54) is 6.08 Å². The Labute approximate surface area is 195 Å². The summed E-state index contributed by atoms with van der Waals surface area (Å²) in [4.78, 5) is 37.5. The van der Waals surface area contributed by atoms with Crippen LogP contribution in [0.15, 0.2) is 23.6 Å². The molecular formula is C27H37FO5. The molecule has 33 heavy (non-hydrogen) atoms. The van der Waals surface area contributed by atoms with E-state index in [2.05, 4.69) is 13.8 Å². The number of fused-ring (bicyclic) bond motifs is 5. The average Bonchev–Trinajstić information content (AvgIpc) is 2.97. The van der Waals surface area contributed by atoms with Crippen molar-refractivity contribution in [2.45, 2.75) is 73.3 Å². The molecule has 0 aromatic carbocycles. The number of hydrogen-bond acceptors (Lipinski definition) is 5. The zero-order valence-electron chi connectivity index (χ0n) is 20.6. The molecule has 1 N–H and O–H groups in total. The minimum Gasteiger partial charge on any atom is -0.457 e. The second-order valence-corrected chi connectivity index (χ2v) is 12.4. The summed E-state index contributed by atoms with van der Waals surface area (Å²) in [5.74, 6) is -1.74. The molecule has 3 saturated carbocycles. The van der Waals surface area contributed by atoms with Crippen LogP contribution in [-0.4, -0.2) is 35.4 Å². The Balaban J connectivity index is 1.61. The van der Waals surface area contributed by atoms with Gasteiger partial charge in [0.1, 0.15) is 6.61 Å². The van der Waals surface area contributed by atoms with Crippen molar-refractivity contribution in [3.05, 3.63) is 23.6 Å². The van der Waals surface area contributed by atoms with Gasteiger partial charge in [-0.25, -0.2) is 4.39 Å². The Morgan fingerprint density at radius 3 is 2.58 bits per heavy atom. The first kappa shape index (κ1) is 24.3. The van der Waals surface area contributed by atoms with Crippen LogP contribution in [0, 0.1) is 45.8 Å². The second kappa shape index (κ2) is 7.86. The molecule has 0 aromatic rings. The molecule has 5 nitrogen and oxygen atoms in total. The van der Waals surface area contributed by atoms with Crippen LogP contribution in [-0.2, 0) is 19.1 Å². The van der Waals surface area contributed by atoms with E-state index in [0.29, 0.717) is 24.8 Å². The highest BCUT2D eigenvalue weighted by Crippen LogP contribution is 2.67. The van der Waals surface area contributed by atoms with Crippen LogP contribution >= 0.6 is 0 Å². The van der Waals surface area contributed by atoms with E-state index >= 15 is 0 Å². The number of carbonyl (C=O) groups excluding carboxylic acids is 3. The van der Waals surface area contributed by atoms with Crippen LogP contribution in [0.3, 0.4) is 0 Å². The first-order valence-corrected chi connectivity index (χ1v) is 12.2. The quantitative estimate of drug-likeness (QED) is 0.624. The first-order valence-electron chi connectivity index (χ1n) is 12.2. The van der Waals surface area contributed by atoms with Crippen LogP contribution in [0.25, 0.3) is 0 Å². The molecule has 0 aliphatic heterocycles. The van der Waals surface area contributed by atoms with Gasteiger partial charge >= 0.3 is 5.97 Å². The van der Waals surface area contributed by atoms with Gasteiger partial charge < -0.3 is 9.84 Å². The summed E-state index contributed by atoms with van der Waals surface area (Å²) in [5, 5.41) is 11.4. The Morgan fingerprint density at radius 1 is 1.27 bits per heavy atom. The normalized spacial score (nSPS) is 42.5. The molecule has 4 rings (SSSR count). The third-order valence-electron chi connectivity index (χ3n) is 9.23. The van der Waals surface area contributed by atoms with Gasteiger partial charge in [0.2, 0.25) is 5.78 Å². The summed E-state index contributed by atoms with van der Waals surface area (Å²) in [7, 11) is 0. The van der Waals surface area contributed by atoms with Crippen LogP contribution in [0.1, 0.15) is 67.2 Å². The van der Waals surface area contributed by atoms with Crippen molar-refractivity contribution in [3.8, 4) is 0 Å². The molecule has 6 heteroatoms. The largest absolute Gasteiger partial charge is 0.457 e. The van der Waals surface area contributed by atoms with Gasteiger partial charge in [-0.15, -0.1) is 0 Å². The summed E-state index contributed by atoms with van der Waals surface area (Å²) in [6.07, 6.45) is 4.90. The highest BCUT2D eigenvalue weighted by molar-refractivity contribution is 6.04. The predicted octanol–water partition coefficient (Wildman–Crippen LogP) is 4.58. The fourth-order valence-electron chi connectivity index (χ4n) is 7.91. The summed E-state index contributed by atoms with van der Waals surface area (Å²) in [5.41, 5.74) is -1.24. The molecular weight excluding hydrogens is 423 g/mol. The molecule has 0 bridgehead atoms. The zero-order valence-corrected chi connectivity index (χ0v) is 20.6. The third kappa shape index (κ3) is 3.64. The fourth-order valence-corrected chi connectivity index (χ4v) is 7.91. The van der Waals surface area contributed by atoms with Crippen LogP contribution in [0.2, 0.25) is 0 Å². The van der Waals surface area contributed by atoms with Gasteiger partial charge in [0.15, 0.2) is 11.6 Å². The topological polar surface area (TPSA) is 80.7 Å². The Morgan fingerprint density at radius 2 is 1.94 bits per heavy atom. The van der Waals surface area contributed by atoms with E-state index in [4.69, 9.17) is 4.74 Å². The van der Waals surface area contributed by atoms with Gasteiger partial charge in [-0.2, -0.15) is 0 Å². The van der Waals surface area contributed by atoms with Gasteiger partial charge in [0.25, 0.3) is 0 Å². The number of rotatable bonds is 3. The van der Waals surface area contributed by atoms with Crippen molar-refractivity contribution in [1.82, 2.24) is 0 Å². The monoisotopic (exact) mass is 460 g/mol. The number of ketones is 2. The van der Waals surface area contributed by atoms with Gasteiger partial charge in [-0.3, -0.25) is 14.4 Å². The highest BCUT2D eigenvalue weighted by atomic mass is 19.1. The predicted molar refractivity (Wildman–Crippen MR) is 122 cm³/mol. The Hall–Kier alpha value is -1.82. The summed E-state index contributed by atoms with van der Waals surface area (Å²) in [6, 6.07) is 0. The minimum atomic E-state index is -0.708. The summed E-state index contributed by atoms with van der Waals surface area (Å²) < 4.78 is 20.1. The van der Waals surface area contributed by atoms with E-state index in [1.54, 1.807) is 26.8 Å². The standard InChI is InChI=1S/C27H37FO5/c1-14-11-17-15-7-8-16-23(28)18(29)9-10-26(16,5)22(15)19(30)12-27(17,6)21(14)20(31)13-33-24(32)25(2,3)4/h9-10,14-15,17,19,21-22,30H,7-8,11-13H2,1-6H3/t14-,15+,17+,19+,21-,22-,26+,27+/m1/s1. The van der Waals surface area contributed by atoms with Crippen molar-refractivity contribution >= 4 is 17.5 Å². The summed E-state index contributed by atoms with van der Waals surface area (Å²) in [6.45, 7) is 11.2. The lowest BCUT2D eigenvalue weighted by atomic mass is 9.46. The number of esters is 1. The van der Waals surface area contributed by atoms with Crippen LogP contribution < -0.4 is 0 Å². The fraction of sp³-hybridized carbons (Fsp3) is 0.741. The van der Waals surface area contributed by atoms with E-state index in [0.717, 1.165) is 6.42 Å². The molecule has 3 fully saturated rings. The lowest BCUT2D eigenvalue weighted by Gasteiger charge is -2.58. The molecule has 0 aromatic heterocycles. The van der Waals surface area contributed by atoms with Gasteiger partial charge in [0.05, 0.1) is 11.5 Å². The highest BCUT2D eigenvalue weighted by Gasteiger charge is 2.64. The lowest BCUT2D eigenvalue weighted by molar-refractivity contribution is -0.160. The first-order chi connectivity index (χ1) is 15.2. The van der Waals surface area contributed by atoms with Crippen molar-refractivity contribution in [2.24, 2.45) is 45.8 Å². The SMILES string of the molecule is C[C@@H]1C[C@H]2[C@@H]3CCC4=C(F)C(=O)C=C[C@]4(C)[C@H]3[C@@H](O)C[C@]2(C)[C@H]1C(=O)COC(=O)C(C)(C)C. The van der Waals surface area contributed by atoms with E-state index < -0.39 is 39.9 Å². The number of Topliss-reactive ketones (excluding diaryl/α,β-unsaturated/α-hetero) is 1. The van der Waals surface area contributed by atoms with Crippen LogP contribution in [0.5, 0.6) is 0 Å². The maximum absolute atomic E-state index is 14.8. The van der Waals surface area contributed by atoms with Gasteiger partial charge in [-0.1, -0.05) is 26.8 Å². The molecule has 0 heterocycles. The Kier molecular flexibility index (Phi) is 5.79. The third-order valence-corrected chi connectivity index (χ3v) is 9.23. The van der Waals surface area contributed by atoms with Crippen molar-refractivity contribution < 1.29 is 28.6 Å². The molecule has 4 aliphatic carbocycles. The molecule has 0 amide bonds. The Bertz CT molecular complexity index is 943. The molecule has 0 radical (unpaired) electrons. The van der Waals surface area contributed by atoms with Crippen LogP contribution in [0.4, 0.5) is 4.39 Å². The summed E-state index contributed by atoms with van der Waals surface area (Å²) >= 11 is 0. The molecule has 8 atom stereocenters. The van der Waals surface area contributed by atoms with E-state index in [9.17, 15) is 23.9 Å². The number of halogens is 1. The molecule has 0 saturated heterocycles. The zero-order chi connectivity index (χ0) is 24.5. The maximum Gasteiger partial charge on any atom is 0.311 e. The molecule has 4 aliphatic rings. The maximum atomic E-state index is 14.8. The number of aliphatic hydroxyl groups excluding tert-OH is 1. The number of ether oxygens (including phenoxy) is 1. The second-order valence-electron chi connectivity index (χ2n) is 12.4. The number of carbonyl (C=O) groups is 3. The van der Waals surface area contributed by atoms with Crippen molar-refractivity contribution in [3.63, 3.8) is 0 Å². The molecule has 0 spiro atoms. The van der Waals surface area contributed by atoms with Crippen molar-refractivity contribution in [1.29, 1.82) is 0 Å². The average molecular weight is 461 g/mol. The van der Waals surface area contributed by atoms with Crippen molar-refractivity contribution in [2.75, 3.05) is 6.61 Å². The molecule has 0 unspecified atom stereocenters. The lowest BCUT2D eigenvalue weighted by Crippen LogP contribution is -2.56. The molecule has 182 valence electrons. The number of allylic oxidation sites excluding steroid dienone is 4. The number of aliphatic hydroxyl groups is 1. The van der Waals surface area contributed by atoms with Gasteiger partial charge in [0, 0.05) is 17.3 Å².